The molecule has 0 aromatic rings. The molecule has 2 aliphatic carbocycles. The zero-order valence-electron chi connectivity index (χ0n) is 11.2. The van der Waals surface area contributed by atoms with Gasteiger partial charge in [0.1, 0.15) is 6.61 Å². The third-order valence-corrected chi connectivity index (χ3v) is 4.15. The van der Waals surface area contributed by atoms with Gasteiger partial charge in [0.25, 0.3) is 0 Å². The molecule has 104 valence electrons. The first-order valence-electron chi connectivity index (χ1n) is 7.42. The molecule has 0 aromatic carbocycles. The first kappa shape index (κ1) is 13.8. The second-order valence-electron chi connectivity index (χ2n) is 5.70. The Labute approximate surface area is 110 Å². The second kappa shape index (κ2) is 7.10. The van der Waals surface area contributed by atoms with E-state index in [1.807, 2.05) is 0 Å². The number of hydrogen-bond donors (Lipinski definition) is 2. The fourth-order valence-electron chi connectivity index (χ4n) is 3.03. The van der Waals surface area contributed by atoms with Gasteiger partial charge in [-0.3, -0.25) is 4.79 Å². The Hall–Kier alpha value is -0.610. The molecular formula is C14H26N2O2. The maximum Gasteiger partial charge on any atom is 0.246 e. The number of nitrogens with one attached hydrogen (secondary N) is 1. The van der Waals surface area contributed by atoms with Crippen molar-refractivity contribution in [3.8, 4) is 0 Å². The van der Waals surface area contributed by atoms with Crippen LogP contribution in [0.1, 0.15) is 57.8 Å². The minimum Gasteiger partial charge on any atom is -0.367 e. The van der Waals surface area contributed by atoms with E-state index in [4.69, 9.17) is 10.5 Å². The fourth-order valence-corrected chi connectivity index (χ4v) is 3.03. The number of ether oxygens (including phenoxy) is 1. The Morgan fingerprint density at radius 1 is 1.06 bits per heavy atom. The van der Waals surface area contributed by atoms with Gasteiger partial charge in [0, 0.05) is 12.1 Å². The van der Waals surface area contributed by atoms with Crippen molar-refractivity contribution < 1.29 is 9.53 Å². The van der Waals surface area contributed by atoms with Crippen LogP contribution < -0.4 is 11.1 Å². The number of carbonyl (C=O) groups is 1. The first-order chi connectivity index (χ1) is 8.75. The zero-order valence-corrected chi connectivity index (χ0v) is 11.2. The van der Waals surface area contributed by atoms with Crippen LogP contribution in [-0.4, -0.2) is 30.7 Å². The molecule has 4 nitrogen and oxygen atoms in total. The van der Waals surface area contributed by atoms with Crippen LogP contribution >= 0.6 is 0 Å². The number of carbonyl (C=O) groups excluding carboxylic acids is 1. The third-order valence-electron chi connectivity index (χ3n) is 4.15. The van der Waals surface area contributed by atoms with Gasteiger partial charge >= 0.3 is 0 Å². The molecule has 0 aliphatic heterocycles. The molecule has 0 aromatic heterocycles. The van der Waals surface area contributed by atoms with Gasteiger partial charge in [-0.2, -0.15) is 0 Å². The highest BCUT2D eigenvalue weighted by atomic mass is 16.5. The van der Waals surface area contributed by atoms with E-state index in [2.05, 4.69) is 5.32 Å². The molecule has 0 saturated heterocycles. The predicted molar refractivity (Wildman–Crippen MR) is 71.2 cm³/mol. The molecule has 3 N–H and O–H groups in total. The van der Waals surface area contributed by atoms with Crippen molar-refractivity contribution in [1.82, 2.24) is 5.32 Å². The zero-order chi connectivity index (χ0) is 12.8. The van der Waals surface area contributed by atoms with E-state index in [1.165, 1.54) is 32.1 Å². The van der Waals surface area contributed by atoms with Gasteiger partial charge in [0.05, 0.1) is 6.10 Å². The van der Waals surface area contributed by atoms with Crippen LogP contribution in [0.25, 0.3) is 0 Å². The summed E-state index contributed by atoms with van der Waals surface area (Å²) < 4.78 is 5.66. The minimum atomic E-state index is 0.0275. The highest BCUT2D eigenvalue weighted by molar-refractivity contribution is 5.77. The van der Waals surface area contributed by atoms with E-state index < -0.39 is 0 Å². The molecule has 2 unspecified atom stereocenters. The Bertz CT molecular complexity index is 265. The minimum absolute atomic E-state index is 0.0275. The molecule has 1 amide bonds. The largest absolute Gasteiger partial charge is 0.367 e. The summed E-state index contributed by atoms with van der Waals surface area (Å²) in [6.45, 7) is 0.175. The smallest absolute Gasteiger partial charge is 0.246 e. The quantitative estimate of drug-likeness (QED) is 0.803. The SMILES string of the molecule is NC1CCCCC1OCC(=O)NC1CCCCC1. The maximum absolute atomic E-state index is 11.8. The Morgan fingerprint density at radius 3 is 2.44 bits per heavy atom. The summed E-state index contributed by atoms with van der Waals surface area (Å²) >= 11 is 0. The third kappa shape index (κ3) is 4.25. The number of rotatable bonds is 4. The second-order valence-corrected chi connectivity index (χ2v) is 5.70. The highest BCUT2D eigenvalue weighted by Crippen LogP contribution is 2.20. The molecule has 2 rings (SSSR count). The summed E-state index contributed by atoms with van der Waals surface area (Å²) in [5.41, 5.74) is 5.99. The monoisotopic (exact) mass is 254 g/mol. The standard InChI is InChI=1S/C14H26N2O2/c15-12-8-4-5-9-13(12)18-10-14(17)16-11-6-2-1-3-7-11/h11-13H,1-10,15H2,(H,16,17). The van der Waals surface area contributed by atoms with Crippen LogP contribution in [0.3, 0.4) is 0 Å². The van der Waals surface area contributed by atoms with Gasteiger partial charge < -0.3 is 15.8 Å². The Morgan fingerprint density at radius 2 is 1.72 bits per heavy atom. The van der Waals surface area contributed by atoms with E-state index in [1.54, 1.807) is 0 Å². The van der Waals surface area contributed by atoms with Gasteiger partial charge in [-0.1, -0.05) is 32.1 Å². The molecule has 0 radical (unpaired) electrons. The normalized spacial score (nSPS) is 30.1. The van der Waals surface area contributed by atoms with Crippen molar-refractivity contribution in [2.45, 2.75) is 76.0 Å². The van der Waals surface area contributed by atoms with Crippen LogP contribution in [-0.2, 0) is 9.53 Å². The lowest BCUT2D eigenvalue weighted by Crippen LogP contribution is -2.43. The van der Waals surface area contributed by atoms with Gasteiger partial charge in [-0.05, 0) is 25.7 Å². The lowest BCUT2D eigenvalue weighted by atomic mass is 9.93. The lowest BCUT2D eigenvalue weighted by molar-refractivity contribution is -0.129. The Balaban J connectivity index is 1.64. The molecule has 2 saturated carbocycles. The molecule has 18 heavy (non-hydrogen) atoms. The molecule has 0 heterocycles. The summed E-state index contributed by atoms with van der Waals surface area (Å²) in [6, 6.07) is 0.483. The summed E-state index contributed by atoms with van der Waals surface area (Å²) in [5, 5.41) is 3.07. The van der Waals surface area contributed by atoms with E-state index in [9.17, 15) is 4.79 Å². The van der Waals surface area contributed by atoms with Crippen molar-refractivity contribution >= 4 is 5.91 Å². The van der Waals surface area contributed by atoms with Gasteiger partial charge in [0.15, 0.2) is 0 Å². The average Bonchev–Trinajstić information content (AvgIpc) is 2.39. The van der Waals surface area contributed by atoms with Crippen molar-refractivity contribution in [2.24, 2.45) is 5.73 Å². The van der Waals surface area contributed by atoms with Crippen LogP contribution in [0.5, 0.6) is 0 Å². The Kier molecular flexibility index (Phi) is 5.45. The van der Waals surface area contributed by atoms with Crippen molar-refractivity contribution in [3.63, 3.8) is 0 Å². The van der Waals surface area contributed by atoms with Crippen LogP contribution in [0.2, 0.25) is 0 Å². The molecule has 2 atom stereocenters. The van der Waals surface area contributed by atoms with Crippen molar-refractivity contribution in [3.05, 3.63) is 0 Å². The molecule has 0 bridgehead atoms. The van der Waals surface area contributed by atoms with Gasteiger partial charge in [-0.25, -0.2) is 0 Å². The molecular weight excluding hydrogens is 228 g/mol. The molecule has 4 heteroatoms. The highest BCUT2D eigenvalue weighted by Gasteiger charge is 2.23. The van der Waals surface area contributed by atoms with E-state index in [0.717, 1.165) is 25.7 Å². The van der Waals surface area contributed by atoms with E-state index in [0.29, 0.717) is 6.04 Å². The molecule has 2 fully saturated rings. The summed E-state index contributed by atoms with van der Waals surface area (Å²) in [6.07, 6.45) is 10.5. The topological polar surface area (TPSA) is 64.3 Å². The van der Waals surface area contributed by atoms with Crippen LogP contribution in [0.4, 0.5) is 0 Å². The number of nitrogens with two attached hydrogens (primary N) is 1. The predicted octanol–water partition coefficient (Wildman–Crippen LogP) is 1.72. The van der Waals surface area contributed by atoms with Crippen molar-refractivity contribution in [1.29, 1.82) is 0 Å². The van der Waals surface area contributed by atoms with E-state index in [-0.39, 0.29) is 24.7 Å². The van der Waals surface area contributed by atoms with Gasteiger partial charge in [-0.15, -0.1) is 0 Å². The number of amides is 1. The van der Waals surface area contributed by atoms with Crippen LogP contribution in [0.15, 0.2) is 0 Å². The maximum atomic E-state index is 11.8. The van der Waals surface area contributed by atoms with E-state index >= 15 is 0 Å². The number of hydrogen-bond acceptors (Lipinski definition) is 3. The molecule has 0 spiro atoms. The summed E-state index contributed by atoms with van der Waals surface area (Å²) in [5.74, 6) is 0.0275. The van der Waals surface area contributed by atoms with Crippen LogP contribution in [0, 0.1) is 0 Å². The molecule has 2 aliphatic rings. The summed E-state index contributed by atoms with van der Waals surface area (Å²) in [7, 11) is 0. The first-order valence-corrected chi connectivity index (χ1v) is 7.42. The summed E-state index contributed by atoms with van der Waals surface area (Å²) in [4.78, 5) is 11.8. The lowest BCUT2D eigenvalue weighted by Gasteiger charge is -2.29. The van der Waals surface area contributed by atoms with Gasteiger partial charge in [0.2, 0.25) is 5.91 Å². The van der Waals surface area contributed by atoms with Crippen molar-refractivity contribution in [2.75, 3.05) is 6.61 Å². The average molecular weight is 254 g/mol. The fraction of sp³-hybridized carbons (Fsp3) is 0.929.